The minimum atomic E-state index is -0.845. The smallest absolute Gasteiger partial charge is 0.305 e. The van der Waals surface area contributed by atoms with Crippen molar-refractivity contribution in [3.8, 4) is 0 Å². The molecule has 1 amide bonds. The van der Waals surface area contributed by atoms with Crippen LogP contribution in [0.4, 0.5) is 0 Å². The van der Waals surface area contributed by atoms with Gasteiger partial charge in [0.2, 0.25) is 0 Å². The Labute approximate surface area is 116 Å². The summed E-state index contributed by atoms with van der Waals surface area (Å²) in [7, 11) is 0. The number of nitrogens with zero attached hydrogens (tertiary/aromatic N) is 1. The van der Waals surface area contributed by atoms with E-state index in [1.807, 2.05) is 30.5 Å². The van der Waals surface area contributed by atoms with Crippen LogP contribution in [0.3, 0.4) is 0 Å². The van der Waals surface area contributed by atoms with Gasteiger partial charge in [0.1, 0.15) is 0 Å². The van der Waals surface area contributed by atoms with E-state index in [-0.39, 0.29) is 18.4 Å². The third-order valence-corrected chi connectivity index (χ3v) is 4.13. The average molecular weight is 279 g/mol. The second-order valence-electron chi connectivity index (χ2n) is 4.62. The minimum Gasteiger partial charge on any atom is -0.481 e. The number of amides is 1. The van der Waals surface area contributed by atoms with Crippen LogP contribution in [0.5, 0.6) is 0 Å². The van der Waals surface area contributed by atoms with E-state index in [1.165, 1.54) is 0 Å². The number of thioether (sulfide) groups is 1. The normalized spacial score (nSPS) is 18.6. The van der Waals surface area contributed by atoms with Crippen molar-refractivity contribution in [2.45, 2.75) is 30.2 Å². The molecule has 0 spiro atoms. The number of carbonyl (C=O) groups is 2. The Morgan fingerprint density at radius 2 is 2.05 bits per heavy atom. The summed E-state index contributed by atoms with van der Waals surface area (Å²) in [6.45, 7) is 0.654. The molecule has 1 aromatic carbocycles. The fourth-order valence-corrected chi connectivity index (χ4v) is 2.82. The van der Waals surface area contributed by atoms with Gasteiger partial charge in [0.05, 0.1) is 6.42 Å². The number of likely N-dealkylation sites (tertiary alicyclic amines) is 1. The Kier molecular flexibility index (Phi) is 4.47. The Balaban J connectivity index is 2.11. The Morgan fingerprint density at radius 3 is 2.63 bits per heavy atom. The summed E-state index contributed by atoms with van der Waals surface area (Å²) >= 11 is 1.63. The van der Waals surface area contributed by atoms with Gasteiger partial charge in [-0.1, -0.05) is 0 Å². The molecular formula is C14H17NO3S. The lowest BCUT2D eigenvalue weighted by Crippen LogP contribution is -2.36. The third kappa shape index (κ3) is 3.29. The highest BCUT2D eigenvalue weighted by molar-refractivity contribution is 7.98. The van der Waals surface area contributed by atoms with E-state index in [4.69, 9.17) is 5.11 Å². The van der Waals surface area contributed by atoms with Gasteiger partial charge in [-0.25, -0.2) is 0 Å². The molecule has 1 heterocycles. The number of aliphatic carboxylic acids is 1. The lowest BCUT2D eigenvalue weighted by molar-refractivity contribution is -0.137. The van der Waals surface area contributed by atoms with E-state index in [1.54, 1.807) is 16.7 Å². The van der Waals surface area contributed by atoms with Crippen molar-refractivity contribution in [1.82, 2.24) is 4.90 Å². The third-order valence-electron chi connectivity index (χ3n) is 3.39. The lowest BCUT2D eigenvalue weighted by Gasteiger charge is -2.23. The van der Waals surface area contributed by atoms with E-state index in [0.717, 1.165) is 17.7 Å². The Morgan fingerprint density at radius 1 is 1.37 bits per heavy atom. The maximum absolute atomic E-state index is 12.4. The number of hydrogen-bond donors (Lipinski definition) is 1. The van der Waals surface area contributed by atoms with Crippen molar-refractivity contribution in [3.63, 3.8) is 0 Å². The zero-order valence-electron chi connectivity index (χ0n) is 10.8. The van der Waals surface area contributed by atoms with Gasteiger partial charge in [-0.3, -0.25) is 9.59 Å². The van der Waals surface area contributed by atoms with Crippen LogP contribution < -0.4 is 0 Å². The van der Waals surface area contributed by atoms with Crippen LogP contribution >= 0.6 is 11.8 Å². The second kappa shape index (κ2) is 6.10. The predicted molar refractivity (Wildman–Crippen MR) is 74.5 cm³/mol. The Hall–Kier alpha value is -1.49. The highest BCUT2D eigenvalue weighted by atomic mass is 32.2. The molecule has 0 saturated carbocycles. The number of carboxylic acids is 1. The monoisotopic (exact) mass is 279 g/mol. The standard InChI is InChI=1S/C14H17NO3S/c1-19-12-6-4-10(5-7-12)14(18)15-8-2-3-11(15)9-13(16)17/h4-7,11H,2-3,8-9H2,1H3,(H,16,17). The largest absolute Gasteiger partial charge is 0.481 e. The van der Waals surface area contributed by atoms with Crippen molar-refractivity contribution in [3.05, 3.63) is 29.8 Å². The number of hydrogen-bond acceptors (Lipinski definition) is 3. The SMILES string of the molecule is CSc1ccc(C(=O)N2CCCC2CC(=O)O)cc1. The molecule has 1 saturated heterocycles. The fraction of sp³-hybridized carbons (Fsp3) is 0.429. The first kappa shape index (κ1) is 13.9. The van der Waals surface area contributed by atoms with Gasteiger partial charge in [-0.2, -0.15) is 0 Å². The van der Waals surface area contributed by atoms with Crippen LogP contribution in [0.25, 0.3) is 0 Å². The zero-order chi connectivity index (χ0) is 13.8. The maximum atomic E-state index is 12.4. The highest BCUT2D eigenvalue weighted by Crippen LogP contribution is 2.23. The first-order chi connectivity index (χ1) is 9.11. The number of carboxylic acid groups (broad SMARTS) is 1. The molecule has 19 heavy (non-hydrogen) atoms. The molecule has 1 N–H and O–H groups in total. The van der Waals surface area contributed by atoms with E-state index < -0.39 is 5.97 Å². The molecule has 1 unspecified atom stereocenters. The van der Waals surface area contributed by atoms with E-state index >= 15 is 0 Å². The van der Waals surface area contributed by atoms with Crippen molar-refractivity contribution in [1.29, 1.82) is 0 Å². The molecule has 1 fully saturated rings. The molecule has 1 aliphatic heterocycles. The van der Waals surface area contributed by atoms with Gasteiger partial charge in [0, 0.05) is 23.0 Å². The van der Waals surface area contributed by atoms with Crippen molar-refractivity contribution < 1.29 is 14.7 Å². The summed E-state index contributed by atoms with van der Waals surface area (Å²) in [5.74, 6) is -0.904. The summed E-state index contributed by atoms with van der Waals surface area (Å²) in [5, 5.41) is 8.87. The molecule has 1 atom stereocenters. The predicted octanol–water partition coefficient (Wildman–Crippen LogP) is 2.49. The first-order valence-electron chi connectivity index (χ1n) is 6.28. The summed E-state index contributed by atoms with van der Waals surface area (Å²) in [6, 6.07) is 7.29. The van der Waals surface area contributed by atoms with Crippen molar-refractivity contribution >= 4 is 23.6 Å². The maximum Gasteiger partial charge on any atom is 0.305 e. The van der Waals surface area contributed by atoms with Crippen LogP contribution in [0.1, 0.15) is 29.6 Å². The van der Waals surface area contributed by atoms with E-state index in [2.05, 4.69) is 0 Å². The average Bonchev–Trinajstić information content (AvgIpc) is 2.85. The van der Waals surface area contributed by atoms with Crippen LogP contribution in [0.15, 0.2) is 29.2 Å². The van der Waals surface area contributed by atoms with Gasteiger partial charge in [0.15, 0.2) is 0 Å². The summed E-state index contributed by atoms with van der Waals surface area (Å²) in [4.78, 5) is 26.0. The van der Waals surface area contributed by atoms with E-state index in [9.17, 15) is 9.59 Å². The van der Waals surface area contributed by atoms with Crippen LogP contribution in [-0.2, 0) is 4.79 Å². The summed E-state index contributed by atoms with van der Waals surface area (Å²) in [6.07, 6.45) is 3.68. The fourth-order valence-electron chi connectivity index (χ4n) is 2.42. The van der Waals surface area contributed by atoms with Gasteiger partial charge >= 0.3 is 5.97 Å². The quantitative estimate of drug-likeness (QED) is 0.860. The van der Waals surface area contributed by atoms with Crippen LogP contribution in [-0.4, -0.2) is 40.7 Å². The molecule has 4 nitrogen and oxygen atoms in total. The topological polar surface area (TPSA) is 57.6 Å². The van der Waals surface area contributed by atoms with Gasteiger partial charge in [0.25, 0.3) is 5.91 Å². The first-order valence-corrected chi connectivity index (χ1v) is 7.51. The molecule has 0 radical (unpaired) electrons. The molecule has 0 aromatic heterocycles. The van der Waals surface area contributed by atoms with Crippen molar-refractivity contribution in [2.24, 2.45) is 0 Å². The lowest BCUT2D eigenvalue weighted by atomic mass is 10.1. The molecule has 1 aromatic rings. The van der Waals surface area contributed by atoms with E-state index in [0.29, 0.717) is 12.1 Å². The molecule has 0 bridgehead atoms. The van der Waals surface area contributed by atoms with Crippen molar-refractivity contribution in [2.75, 3.05) is 12.8 Å². The molecule has 2 rings (SSSR count). The molecule has 5 heteroatoms. The number of carbonyl (C=O) groups excluding carboxylic acids is 1. The highest BCUT2D eigenvalue weighted by Gasteiger charge is 2.30. The summed E-state index contributed by atoms with van der Waals surface area (Å²) < 4.78 is 0. The molecule has 1 aliphatic rings. The van der Waals surface area contributed by atoms with Gasteiger partial charge in [-0.05, 0) is 43.4 Å². The minimum absolute atomic E-state index is 0.0363. The van der Waals surface area contributed by atoms with Crippen LogP contribution in [0.2, 0.25) is 0 Å². The Bertz CT molecular complexity index is 472. The molecule has 102 valence electrons. The molecular weight excluding hydrogens is 262 g/mol. The number of benzene rings is 1. The molecule has 0 aliphatic carbocycles. The van der Waals surface area contributed by atoms with Gasteiger partial charge < -0.3 is 10.0 Å². The van der Waals surface area contributed by atoms with Gasteiger partial charge in [-0.15, -0.1) is 11.8 Å². The summed E-state index contributed by atoms with van der Waals surface area (Å²) in [5.41, 5.74) is 0.634. The van der Waals surface area contributed by atoms with Crippen LogP contribution in [0, 0.1) is 0 Å². The zero-order valence-corrected chi connectivity index (χ0v) is 11.7. The number of rotatable bonds is 4. The second-order valence-corrected chi connectivity index (χ2v) is 5.50.